The lowest BCUT2D eigenvalue weighted by Crippen LogP contribution is -2.29. The number of methoxy groups -OCH3 is 1. The highest BCUT2D eigenvalue weighted by Crippen LogP contribution is 2.21. The zero-order valence-corrected chi connectivity index (χ0v) is 11.0. The topological polar surface area (TPSA) is 89.8 Å². The van der Waals surface area contributed by atoms with Crippen molar-refractivity contribution in [2.75, 3.05) is 20.7 Å². The molecular weight excluding hydrogens is 271 g/mol. The molecule has 0 fully saturated rings. The van der Waals surface area contributed by atoms with Gasteiger partial charge >= 0.3 is 5.97 Å². The Hall–Kier alpha value is -2.51. The number of hydrogen-bond donors (Lipinski definition) is 0. The Balaban J connectivity index is 2.93. The number of nitro benzene ring substituents is 1. The zero-order chi connectivity index (χ0) is 15.3. The van der Waals surface area contributed by atoms with E-state index in [4.69, 9.17) is 0 Å². The number of halogens is 1. The molecule has 1 rings (SSSR count). The van der Waals surface area contributed by atoms with E-state index in [0.717, 1.165) is 23.1 Å². The summed E-state index contributed by atoms with van der Waals surface area (Å²) >= 11 is 0. The molecule has 108 valence electrons. The first-order valence-corrected chi connectivity index (χ1v) is 5.63. The summed E-state index contributed by atoms with van der Waals surface area (Å²) in [5.74, 6) is -2.00. The highest BCUT2D eigenvalue weighted by molar-refractivity contribution is 5.98. The van der Waals surface area contributed by atoms with Gasteiger partial charge in [-0.25, -0.2) is 4.39 Å². The maximum Gasteiger partial charge on any atom is 0.307 e. The van der Waals surface area contributed by atoms with E-state index in [1.807, 2.05) is 0 Å². The summed E-state index contributed by atoms with van der Waals surface area (Å²) in [6.45, 7) is 0.0131. The van der Waals surface area contributed by atoms with Crippen LogP contribution in [-0.4, -0.2) is 42.4 Å². The minimum atomic E-state index is -0.763. The molecule has 0 aliphatic carbocycles. The third-order valence-electron chi connectivity index (χ3n) is 2.61. The summed E-state index contributed by atoms with van der Waals surface area (Å²) in [6, 6.07) is 2.63. The minimum Gasteiger partial charge on any atom is -0.469 e. The van der Waals surface area contributed by atoms with Gasteiger partial charge in [0.2, 0.25) is 0 Å². The summed E-state index contributed by atoms with van der Waals surface area (Å²) in [5, 5.41) is 10.8. The van der Waals surface area contributed by atoms with Gasteiger partial charge in [0.1, 0.15) is 11.4 Å². The van der Waals surface area contributed by atoms with Gasteiger partial charge in [-0.3, -0.25) is 19.7 Å². The van der Waals surface area contributed by atoms with Crippen molar-refractivity contribution < 1.29 is 23.6 Å². The van der Waals surface area contributed by atoms with E-state index < -0.39 is 28.3 Å². The maximum atomic E-state index is 13.1. The van der Waals surface area contributed by atoms with Gasteiger partial charge in [0, 0.05) is 19.7 Å². The zero-order valence-electron chi connectivity index (χ0n) is 11.0. The van der Waals surface area contributed by atoms with Gasteiger partial charge in [-0.1, -0.05) is 0 Å². The number of carbonyl (C=O) groups excluding carboxylic acids is 2. The van der Waals surface area contributed by atoms with Crippen LogP contribution >= 0.6 is 0 Å². The number of hydrogen-bond acceptors (Lipinski definition) is 5. The number of rotatable bonds is 5. The Labute approximate surface area is 114 Å². The summed E-state index contributed by atoms with van der Waals surface area (Å²) in [5.41, 5.74) is -0.844. The lowest BCUT2D eigenvalue weighted by Gasteiger charge is -2.16. The van der Waals surface area contributed by atoms with Crippen molar-refractivity contribution in [2.45, 2.75) is 6.42 Å². The fourth-order valence-electron chi connectivity index (χ4n) is 1.51. The lowest BCUT2D eigenvalue weighted by atomic mass is 10.1. The summed E-state index contributed by atoms with van der Waals surface area (Å²) in [7, 11) is 2.57. The quantitative estimate of drug-likeness (QED) is 0.462. The molecule has 1 aromatic carbocycles. The van der Waals surface area contributed by atoms with E-state index in [1.165, 1.54) is 14.2 Å². The highest BCUT2D eigenvalue weighted by Gasteiger charge is 2.23. The molecule has 0 radical (unpaired) electrons. The SMILES string of the molecule is COC(=O)CCN(C)C(=O)c1cc(F)ccc1[N+](=O)[O-]. The largest absolute Gasteiger partial charge is 0.469 e. The van der Waals surface area contributed by atoms with Crippen LogP contribution in [0.1, 0.15) is 16.8 Å². The first kappa shape index (κ1) is 15.5. The standard InChI is InChI=1S/C12H13FN2O5/c1-14(6-5-11(16)20-2)12(17)9-7-8(13)3-4-10(9)15(18)19/h3-4,7H,5-6H2,1-2H3. The van der Waals surface area contributed by atoms with Crippen molar-refractivity contribution in [2.24, 2.45) is 0 Å². The summed E-state index contributed by atoms with van der Waals surface area (Å²) in [4.78, 5) is 34.1. The van der Waals surface area contributed by atoms with Crippen LogP contribution in [0.2, 0.25) is 0 Å². The molecule has 0 bridgehead atoms. The van der Waals surface area contributed by atoms with Crippen molar-refractivity contribution in [1.29, 1.82) is 0 Å². The third kappa shape index (κ3) is 3.74. The molecule has 0 unspecified atom stereocenters. The predicted octanol–water partition coefficient (Wildman–Crippen LogP) is 1.37. The van der Waals surface area contributed by atoms with Crippen LogP contribution in [0.4, 0.5) is 10.1 Å². The number of ether oxygens (including phenoxy) is 1. The maximum absolute atomic E-state index is 13.1. The van der Waals surface area contributed by atoms with Gasteiger partial charge in [0.15, 0.2) is 0 Å². The lowest BCUT2D eigenvalue weighted by molar-refractivity contribution is -0.385. The van der Waals surface area contributed by atoms with Crippen LogP contribution in [-0.2, 0) is 9.53 Å². The molecule has 0 atom stereocenters. The van der Waals surface area contributed by atoms with Crippen molar-refractivity contribution in [3.8, 4) is 0 Å². The molecule has 0 aliphatic rings. The average Bonchev–Trinajstić information content (AvgIpc) is 2.42. The van der Waals surface area contributed by atoms with Crippen molar-refractivity contribution in [3.05, 3.63) is 39.7 Å². The molecule has 0 N–H and O–H groups in total. The molecule has 8 heteroatoms. The smallest absolute Gasteiger partial charge is 0.307 e. The van der Waals surface area contributed by atoms with Crippen LogP contribution in [0, 0.1) is 15.9 Å². The molecule has 1 amide bonds. The van der Waals surface area contributed by atoms with Gasteiger partial charge in [0.05, 0.1) is 18.5 Å². The Bertz CT molecular complexity index is 547. The van der Waals surface area contributed by atoms with E-state index in [1.54, 1.807) is 0 Å². The van der Waals surface area contributed by atoms with Crippen molar-refractivity contribution >= 4 is 17.6 Å². The van der Waals surface area contributed by atoms with Crippen molar-refractivity contribution in [1.82, 2.24) is 4.90 Å². The average molecular weight is 284 g/mol. The number of nitrogens with zero attached hydrogens (tertiary/aromatic N) is 2. The van der Waals surface area contributed by atoms with Gasteiger partial charge < -0.3 is 9.64 Å². The molecule has 0 heterocycles. The Morgan fingerprint density at radius 2 is 2.10 bits per heavy atom. The second-order valence-corrected chi connectivity index (χ2v) is 3.97. The number of esters is 1. The van der Waals surface area contributed by atoms with Crippen LogP contribution in [0.25, 0.3) is 0 Å². The second-order valence-electron chi connectivity index (χ2n) is 3.97. The van der Waals surface area contributed by atoms with Gasteiger partial charge in [-0.2, -0.15) is 0 Å². The second kappa shape index (κ2) is 6.60. The summed E-state index contributed by atoms with van der Waals surface area (Å²) < 4.78 is 17.6. The van der Waals surface area contributed by atoms with Crippen LogP contribution in [0.15, 0.2) is 18.2 Å². The molecule has 20 heavy (non-hydrogen) atoms. The molecule has 0 spiro atoms. The predicted molar refractivity (Wildman–Crippen MR) is 66.6 cm³/mol. The number of benzene rings is 1. The van der Waals surface area contributed by atoms with Gasteiger partial charge in [0.25, 0.3) is 11.6 Å². The van der Waals surface area contributed by atoms with E-state index in [9.17, 15) is 24.1 Å². The van der Waals surface area contributed by atoms with Crippen LogP contribution in [0.5, 0.6) is 0 Å². The Morgan fingerprint density at radius 1 is 1.45 bits per heavy atom. The van der Waals surface area contributed by atoms with Gasteiger partial charge in [-0.15, -0.1) is 0 Å². The Morgan fingerprint density at radius 3 is 2.65 bits per heavy atom. The minimum absolute atomic E-state index is 0.0131. The normalized spacial score (nSPS) is 9.95. The van der Waals surface area contributed by atoms with E-state index in [0.29, 0.717) is 0 Å². The van der Waals surface area contributed by atoms with Crippen LogP contribution in [0.3, 0.4) is 0 Å². The number of amides is 1. The fraction of sp³-hybridized carbons (Fsp3) is 0.333. The number of carbonyl (C=O) groups is 2. The molecule has 0 aromatic heterocycles. The molecule has 0 saturated carbocycles. The van der Waals surface area contributed by atoms with Gasteiger partial charge in [-0.05, 0) is 12.1 Å². The molecule has 0 aliphatic heterocycles. The van der Waals surface area contributed by atoms with E-state index in [-0.39, 0.29) is 18.5 Å². The van der Waals surface area contributed by atoms with E-state index >= 15 is 0 Å². The summed E-state index contributed by atoms with van der Waals surface area (Å²) in [6.07, 6.45) is -0.0537. The fourth-order valence-corrected chi connectivity index (χ4v) is 1.51. The molecule has 0 saturated heterocycles. The molecule has 7 nitrogen and oxygen atoms in total. The van der Waals surface area contributed by atoms with Crippen LogP contribution < -0.4 is 0 Å². The van der Waals surface area contributed by atoms with Crippen molar-refractivity contribution in [3.63, 3.8) is 0 Å². The third-order valence-corrected chi connectivity index (χ3v) is 2.61. The highest BCUT2D eigenvalue weighted by atomic mass is 19.1. The Kier molecular flexibility index (Phi) is 5.13. The first-order valence-electron chi connectivity index (χ1n) is 5.63. The molecular formula is C12H13FN2O5. The number of nitro groups is 1. The van der Waals surface area contributed by atoms with E-state index in [2.05, 4.69) is 4.74 Å². The molecule has 1 aromatic rings. The first-order chi connectivity index (χ1) is 9.36. The monoisotopic (exact) mass is 284 g/mol.